The highest BCUT2D eigenvalue weighted by Gasteiger charge is 2.54. The molecular formula is C13H18F3N3O2. The third-order valence-electron chi connectivity index (χ3n) is 4.22. The van der Waals surface area contributed by atoms with Gasteiger partial charge in [0.05, 0.1) is 5.92 Å². The number of aromatic nitrogens is 2. The van der Waals surface area contributed by atoms with Crippen molar-refractivity contribution in [3.05, 3.63) is 17.5 Å². The normalized spacial score (nSPS) is 22.7. The third-order valence-corrected chi connectivity index (χ3v) is 4.22. The number of likely N-dealkylation sites (tertiary alicyclic amines) is 1. The summed E-state index contributed by atoms with van der Waals surface area (Å²) in [5.41, 5.74) is -0.742. The summed E-state index contributed by atoms with van der Waals surface area (Å²) in [5, 5.41) is 12.9. The molecule has 118 valence electrons. The molecule has 1 aliphatic heterocycles. The molecule has 2 heterocycles. The van der Waals surface area contributed by atoms with Gasteiger partial charge < -0.3 is 5.11 Å². The molecule has 0 spiro atoms. The zero-order valence-corrected chi connectivity index (χ0v) is 12.1. The molecule has 5 nitrogen and oxygen atoms in total. The second-order valence-electron chi connectivity index (χ2n) is 5.94. The molecule has 2 rings (SSSR count). The molecule has 0 bridgehead atoms. The first-order chi connectivity index (χ1) is 9.53. The summed E-state index contributed by atoms with van der Waals surface area (Å²) < 4.78 is 40.5. The summed E-state index contributed by atoms with van der Waals surface area (Å²) in [4.78, 5) is 12.8. The van der Waals surface area contributed by atoms with Crippen LogP contribution in [0.2, 0.25) is 0 Å². The zero-order chi connectivity index (χ0) is 16.0. The Bertz CT molecular complexity index is 551. The highest BCUT2D eigenvalue weighted by Crippen LogP contribution is 2.45. The lowest BCUT2D eigenvalue weighted by Gasteiger charge is -2.36. The van der Waals surface area contributed by atoms with E-state index in [-0.39, 0.29) is 25.2 Å². The molecule has 0 radical (unpaired) electrons. The van der Waals surface area contributed by atoms with Crippen LogP contribution in [0.15, 0.2) is 6.20 Å². The molecule has 1 saturated heterocycles. The van der Waals surface area contributed by atoms with Crippen molar-refractivity contribution in [1.82, 2.24) is 14.7 Å². The maximum Gasteiger partial charge on any atom is 0.393 e. The number of carboxylic acid groups (broad SMARTS) is 1. The molecule has 21 heavy (non-hydrogen) atoms. The van der Waals surface area contributed by atoms with Gasteiger partial charge in [-0.1, -0.05) is 0 Å². The van der Waals surface area contributed by atoms with E-state index in [1.54, 1.807) is 32.0 Å². The van der Waals surface area contributed by atoms with E-state index in [9.17, 15) is 18.0 Å². The third kappa shape index (κ3) is 2.90. The van der Waals surface area contributed by atoms with Crippen LogP contribution >= 0.6 is 0 Å². The molecule has 0 aromatic carbocycles. The predicted molar refractivity (Wildman–Crippen MR) is 68.8 cm³/mol. The SMILES string of the molecule is Cn1cc(CN2CCC(C(F)(F)F)C2(C)C)c(C(=O)O)n1. The molecule has 0 amide bonds. The summed E-state index contributed by atoms with van der Waals surface area (Å²) in [6.07, 6.45) is -2.68. The van der Waals surface area contributed by atoms with Gasteiger partial charge in [-0.15, -0.1) is 0 Å². The van der Waals surface area contributed by atoms with Crippen LogP contribution in [-0.2, 0) is 13.6 Å². The van der Waals surface area contributed by atoms with Gasteiger partial charge >= 0.3 is 12.1 Å². The topological polar surface area (TPSA) is 58.4 Å². The van der Waals surface area contributed by atoms with Gasteiger partial charge in [0.2, 0.25) is 0 Å². The number of alkyl halides is 3. The first kappa shape index (κ1) is 15.8. The predicted octanol–water partition coefficient (Wildman–Crippen LogP) is 2.28. The van der Waals surface area contributed by atoms with Gasteiger partial charge in [0, 0.05) is 30.9 Å². The summed E-state index contributed by atoms with van der Waals surface area (Å²) in [5.74, 6) is -2.58. The molecule has 1 atom stereocenters. The molecule has 1 aliphatic rings. The summed E-state index contributed by atoms with van der Waals surface area (Å²) in [6, 6.07) is 0. The number of rotatable bonds is 3. The number of carbonyl (C=O) groups is 1. The molecule has 1 N–H and O–H groups in total. The van der Waals surface area contributed by atoms with Crippen LogP contribution in [-0.4, -0.2) is 44.0 Å². The Balaban J connectivity index is 2.24. The zero-order valence-electron chi connectivity index (χ0n) is 12.1. The van der Waals surface area contributed by atoms with Gasteiger partial charge in [0.1, 0.15) is 0 Å². The average molecular weight is 305 g/mol. The maximum absolute atomic E-state index is 13.0. The first-order valence-electron chi connectivity index (χ1n) is 6.61. The fraction of sp³-hybridized carbons (Fsp3) is 0.692. The second-order valence-corrected chi connectivity index (χ2v) is 5.94. The monoisotopic (exact) mass is 305 g/mol. The van der Waals surface area contributed by atoms with E-state index < -0.39 is 23.6 Å². The Morgan fingerprint density at radius 3 is 2.62 bits per heavy atom. The number of aromatic carboxylic acids is 1. The van der Waals surface area contributed by atoms with Crippen LogP contribution in [0.4, 0.5) is 13.2 Å². The Labute approximate surface area is 120 Å². The van der Waals surface area contributed by atoms with Crippen LogP contribution in [0.25, 0.3) is 0 Å². The minimum Gasteiger partial charge on any atom is -0.476 e. The summed E-state index contributed by atoms with van der Waals surface area (Å²) in [6.45, 7) is 3.53. The van der Waals surface area contributed by atoms with Crippen LogP contribution in [0.5, 0.6) is 0 Å². The quantitative estimate of drug-likeness (QED) is 0.931. The van der Waals surface area contributed by atoms with Gasteiger partial charge in [-0.2, -0.15) is 18.3 Å². The van der Waals surface area contributed by atoms with Gasteiger partial charge in [-0.05, 0) is 26.8 Å². The lowest BCUT2D eigenvalue weighted by molar-refractivity contribution is -0.191. The van der Waals surface area contributed by atoms with Crippen LogP contribution in [0.3, 0.4) is 0 Å². The molecule has 1 fully saturated rings. The Kier molecular flexibility index (Phi) is 3.77. The number of hydrogen-bond acceptors (Lipinski definition) is 3. The van der Waals surface area contributed by atoms with E-state index in [1.807, 2.05) is 0 Å². The summed E-state index contributed by atoms with van der Waals surface area (Å²) >= 11 is 0. The lowest BCUT2D eigenvalue weighted by atomic mass is 9.87. The molecule has 8 heteroatoms. The van der Waals surface area contributed by atoms with Gasteiger partial charge in [0.15, 0.2) is 5.69 Å². The van der Waals surface area contributed by atoms with E-state index in [4.69, 9.17) is 5.11 Å². The number of carboxylic acids is 1. The second kappa shape index (κ2) is 5.01. The molecule has 1 aromatic rings. The smallest absolute Gasteiger partial charge is 0.393 e. The largest absolute Gasteiger partial charge is 0.476 e. The van der Waals surface area contributed by atoms with Crippen molar-refractivity contribution in [3.63, 3.8) is 0 Å². The average Bonchev–Trinajstić information content (AvgIpc) is 2.80. The van der Waals surface area contributed by atoms with Crippen molar-refractivity contribution in [1.29, 1.82) is 0 Å². The Morgan fingerprint density at radius 2 is 2.14 bits per heavy atom. The van der Waals surface area contributed by atoms with E-state index in [1.165, 1.54) is 4.68 Å². The maximum atomic E-state index is 13.0. The molecular weight excluding hydrogens is 287 g/mol. The molecule has 0 saturated carbocycles. The van der Waals surface area contributed by atoms with Crippen molar-refractivity contribution in [2.45, 2.75) is 38.5 Å². The van der Waals surface area contributed by atoms with Crippen molar-refractivity contribution in [2.75, 3.05) is 6.54 Å². The standard InChI is InChI=1S/C13H18F3N3O2/c1-12(2)9(13(14,15)16)4-5-19(12)7-8-6-18(3)17-10(8)11(20)21/h6,9H,4-5,7H2,1-3H3,(H,20,21). The van der Waals surface area contributed by atoms with E-state index >= 15 is 0 Å². The fourth-order valence-corrected chi connectivity index (χ4v) is 3.03. The Morgan fingerprint density at radius 1 is 1.52 bits per heavy atom. The molecule has 1 unspecified atom stereocenters. The molecule has 1 aromatic heterocycles. The summed E-state index contributed by atoms with van der Waals surface area (Å²) in [7, 11) is 1.59. The van der Waals surface area contributed by atoms with Crippen molar-refractivity contribution in [2.24, 2.45) is 13.0 Å². The van der Waals surface area contributed by atoms with Crippen LogP contribution < -0.4 is 0 Å². The van der Waals surface area contributed by atoms with Crippen LogP contribution in [0.1, 0.15) is 36.3 Å². The fourth-order valence-electron chi connectivity index (χ4n) is 3.03. The number of aryl methyl sites for hydroxylation is 1. The first-order valence-corrected chi connectivity index (χ1v) is 6.61. The van der Waals surface area contributed by atoms with Crippen molar-refractivity contribution < 1.29 is 23.1 Å². The minimum absolute atomic E-state index is 0.0270. The Hall–Kier alpha value is -1.57. The molecule has 0 aliphatic carbocycles. The van der Waals surface area contributed by atoms with E-state index in [0.717, 1.165) is 0 Å². The van der Waals surface area contributed by atoms with E-state index in [0.29, 0.717) is 5.56 Å². The van der Waals surface area contributed by atoms with E-state index in [2.05, 4.69) is 5.10 Å². The van der Waals surface area contributed by atoms with Gasteiger partial charge in [0.25, 0.3) is 0 Å². The van der Waals surface area contributed by atoms with Gasteiger partial charge in [-0.25, -0.2) is 4.79 Å². The number of nitrogens with zero attached hydrogens (tertiary/aromatic N) is 3. The number of hydrogen-bond donors (Lipinski definition) is 1. The highest BCUT2D eigenvalue weighted by molar-refractivity contribution is 5.86. The number of halogens is 3. The lowest BCUT2D eigenvalue weighted by Crippen LogP contribution is -2.46. The van der Waals surface area contributed by atoms with Crippen molar-refractivity contribution in [3.8, 4) is 0 Å². The van der Waals surface area contributed by atoms with Crippen molar-refractivity contribution >= 4 is 5.97 Å². The minimum atomic E-state index is -4.25. The highest BCUT2D eigenvalue weighted by atomic mass is 19.4. The van der Waals surface area contributed by atoms with Crippen LogP contribution in [0, 0.1) is 5.92 Å². The van der Waals surface area contributed by atoms with Gasteiger partial charge in [-0.3, -0.25) is 9.58 Å².